The number of halogens is 1. The second-order valence-electron chi connectivity index (χ2n) is 5.09. The molecular formula is C13H17ClN2O4. The Kier molecular flexibility index (Phi) is 5.08. The molecule has 7 heteroatoms. The lowest BCUT2D eigenvalue weighted by Gasteiger charge is -2.28. The summed E-state index contributed by atoms with van der Waals surface area (Å²) in [7, 11) is 0. The topological polar surface area (TPSA) is 83.7 Å². The van der Waals surface area contributed by atoms with E-state index in [2.05, 4.69) is 0 Å². The van der Waals surface area contributed by atoms with Gasteiger partial charge in [0.15, 0.2) is 0 Å². The van der Waals surface area contributed by atoms with Crippen LogP contribution in [0.1, 0.15) is 31.1 Å². The Morgan fingerprint density at radius 1 is 1.45 bits per heavy atom. The van der Waals surface area contributed by atoms with E-state index in [9.17, 15) is 20.0 Å². The third-order valence-electron chi connectivity index (χ3n) is 2.59. The molecule has 1 rings (SSSR count). The van der Waals surface area contributed by atoms with Crippen LogP contribution in [0.4, 0.5) is 5.69 Å². The third-order valence-corrected chi connectivity index (χ3v) is 2.81. The Balaban J connectivity index is 3.09. The number of hydrogen-bond acceptors (Lipinski definition) is 4. The standard InChI is InChI=1S/C13H17ClN2O4/c1-4-15(8-13(2,3)18)12(17)9-5-10(14)7-11(6-9)16(19)20/h5-7,18H,4,8H2,1-3H3. The van der Waals surface area contributed by atoms with Crippen molar-refractivity contribution in [3.8, 4) is 0 Å². The van der Waals surface area contributed by atoms with Crippen molar-refractivity contribution in [1.82, 2.24) is 4.90 Å². The molecule has 0 radical (unpaired) electrons. The number of hydrogen-bond donors (Lipinski definition) is 1. The maximum atomic E-state index is 12.3. The molecule has 0 unspecified atom stereocenters. The molecule has 0 aromatic heterocycles. The maximum absolute atomic E-state index is 12.3. The highest BCUT2D eigenvalue weighted by Crippen LogP contribution is 2.22. The molecular weight excluding hydrogens is 284 g/mol. The van der Waals surface area contributed by atoms with Crippen LogP contribution in [0.25, 0.3) is 0 Å². The van der Waals surface area contributed by atoms with Gasteiger partial charge in [-0.15, -0.1) is 0 Å². The van der Waals surface area contributed by atoms with Gasteiger partial charge in [-0.3, -0.25) is 14.9 Å². The van der Waals surface area contributed by atoms with E-state index in [-0.39, 0.29) is 22.8 Å². The fraction of sp³-hybridized carbons (Fsp3) is 0.462. The number of carbonyl (C=O) groups excluding carboxylic acids is 1. The molecule has 0 aliphatic carbocycles. The van der Waals surface area contributed by atoms with Gasteiger partial charge in [0.25, 0.3) is 11.6 Å². The first kappa shape index (κ1) is 16.4. The molecule has 1 N–H and O–H groups in total. The van der Waals surface area contributed by atoms with Crippen LogP contribution < -0.4 is 0 Å². The Bertz CT molecular complexity index is 526. The fourth-order valence-corrected chi connectivity index (χ4v) is 2.01. The van der Waals surface area contributed by atoms with Crippen molar-refractivity contribution in [2.75, 3.05) is 13.1 Å². The first-order chi connectivity index (χ1) is 9.14. The number of rotatable bonds is 5. The monoisotopic (exact) mass is 300 g/mol. The van der Waals surface area contributed by atoms with Crippen molar-refractivity contribution in [1.29, 1.82) is 0 Å². The summed E-state index contributed by atoms with van der Waals surface area (Å²) in [5.41, 5.74) is -1.15. The van der Waals surface area contributed by atoms with Crippen LogP contribution in [0.15, 0.2) is 18.2 Å². The number of carbonyl (C=O) groups is 1. The molecule has 0 heterocycles. The van der Waals surface area contributed by atoms with Crippen molar-refractivity contribution >= 4 is 23.2 Å². The summed E-state index contributed by atoms with van der Waals surface area (Å²) < 4.78 is 0. The van der Waals surface area contributed by atoms with Gasteiger partial charge in [0, 0.05) is 35.8 Å². The van der Waals surface area contributed by atoms with Crippen LogP contribution in [0, 0.1) is 10.1 Å². The van der Waals surface area contributed by atoms with Gasteiger partial charge in [0.05, 0.1) is 10.5 Å². The number of non-ortho nitro benzene ring substituents is 1. The zero-order chi connectivity index (χ0) is 15.5. The van der Waals surface area contributed by atoms with Crippen LogP contribution in [0.2, 0.25) is 5.02 Å². The van der Waals surface area contributed by atoms with Crippen molar-refractivity contribution < 1.29 is 14.8 Å². The molecule has 1 aromatic carbocycles. The molecule has 0 atom stereocenters. The molecule has 0 bridgehead atoms. The van der Waals surface area contributed by atoms with Crippen molar-refractivity contribution in [3.05, 3.63) is 38.9 Å². The predicted octanol–water partition coefficient (Wildman–Crippen LogP) is 2.48. The van der Waals surface area contributed by atoms with Gasteiger partial charge in [-0.1, -0.05) is 11.6 Å². The highest BCUT2D eigenvalue weighted by molar-refractivity contribution is 6.31. The average Bonchev–Trinajstić information content (AvgIpc) is 2.33. The Morgan fingerprint density at radius 2 is 2.05 bits per heavy atom. The SMILES string of the molecule is CCN(CC(C)(C)O)C(=O)c1cc(Cl)cc([N+](=O)[O-])c1. The molecule has 0 saturated heterocycles. The quantitative estimate of drug-likeness (QED) is 0.669. The second kappa shape index (κ2) is 6.19. The van der Waals surface area contributed by atoms with E-state index >= 15 is 0 Å². The van der Waals surface area contributed by atoms with E-state index in [4.69, 9.17) is 11.6 Å². The largest absolute Gasteiger partial charge is 0.389 e. The molecule has 0 spiro atoms. The molecule has 110 valence electrons. The molecule has 0 aliphatic heterocycles. The number of nitrogens with zero attached hydrogens (tertiary/aromatic N) is 2. The highest BCUT2D eigenvalue weighted by Gasteiger charge is 2.23. The van der Waals surface area contributed by atoms with Crippen molar-refractivity contribution in [2.45, 2.75) is 26.4 Å². The van der Waals surface area contributed by atoms with Crippen molar-refractivity contribution in [3.63, 3.8) is 0 Å². The van der Waals surface area contributed by atoms with Crippen molar-refractivity contribution in [2.24, 2.45) is 0 Å². The van der Waals surface area contributed by atoms with E-state index in [0.717, 1.165) is 0 Å². The normalized spacial score (nSPS) is 11.2. The first-order valence-electron chi connectivity index (χ1n) is 6.10. The third kappa shape index (κ3) is 4.47. The van der Waals surface area contributed by atoms with E-state index < -0.39 is 16.4 Å². The molecule has 6 nitrogen and oxygen atoms in total. The number of aliphatic hydroxyl groups is 1. The minimum absolute atomic E-state index is 0.127. The number of nitro benzene ring substituents is 1. The first-order valence-corrected chi connectivity index (χ1v) is 6.48. The van der Waals surface area contributed by atoms with Gasteiger partial charge in [0.1, 0.15) is 0 Å². The van der Waals surface area contributed by atoms with Gasteiger partial charge in [-0.25, -0.2) is 0 Å². The molecule has 0 saturated carbocycles. The highest BCUT2D eigenvalue weighted by atomic mass is 35.5. The van der Waals surface area contributed by atoms with Gasteiger partial charge >= 0.3 is 0 Å². The van der Waals surface area contributed by atoms with Crippen LogP contribution in [-0.4, -0.2) is 39.5 Å². The zero-order valence-corrected chi connectivity index (χ0v) is 12.3. The predicted molar refractivity (Wildman–Crippen MR) is 76.0 cm³/mol. The zero-order valence-electron chi connectivity index (χ0n) is 11.6. The molecule has 0 fully saturated rings. The smallest absolute Gasteiger partial charge is 0.271 e. The number of likely N-dealkylation sites (N-methyl/N-ethyl adjacent to an activating group) is 1. The van der Waals surface area contributed by atoms with Crippen LogP contribution in [0.5, 0.6) is 0 Å². The summed E-state index contributed by atoms with van der Waals surface area (Å²) in [4.78, 5) is 23.9. The summed E-state index contributed by atoms with van der Waals surface area (Å²) in [6, 6.07) is 3.75. The summed E-state index contributed by atoms with van der Waals surface area (Å²) in [5.74, 6) is -0.403. The molecule has 1 aromatic rings. The summed E-state index contributed by atoms with van der Waals surface area (Å²) in [6.45, 7) is 5.45. The lowest BCUT2D eigenvalue weighted by molar-refractivity contribution is -0.384. The average molecular weight is 301 g/mol. The van der Waals surface area contributed by atoms with Gasteiger partial charge in [-0.05, 0) is 26.8 Å². The van der Waals surface area contributed by atoms with Crippen LogP contribution in [-0.2, 0) is 0 Å². The van der Waals surface area contributed by atoms with Gasteiger partial charge < -0.3 is 10.0 Å². The second-order valence-corrected chi connectivity index (χ2v) is 5.52. The maximum Gasteiger partial charge on any atom is 0.271 e. The minimum Gasteiger partial charge on any atom is -0.389 e. The van der Waals surface area contributed by atoms with E-state index in [0.29, 0.717) is 6.54 Å². The van der Waals surface area contributed by atoms with Crippen LogP contribution in [0.3, 0.4) is 0 Å². The molecule has 20 heavy (non-hydrogen) atoms. The number of benzene rings is 1. The van der Waals surface area contributed by atoms with E-state index in [1.165, 1.54) is 23.1 Å². The summed E-state index contributed by atoms with van der Waals surface area (Å²) >= 11 is 5.79. The van der Waals surface area contributed by atoms with Gasteiger partial charge in [-0.2, -0.15) is 0 Å². The minimum atomic E-state index is -1.05. The Labute approximate surface area is 122 Å². The van der Waals surface area contributed by atoms with Gasteiger partial charge in [0.2, 0.25) is 0 Å². The van der Waals surface area contributed by atoms with E-state index in [1.54, 1.807) is 20.8 Å². The lowest BCUT2D eigenvalue weighted by atomic mass is 10.1. The summed E-state index contributed by atoms with van der Waals surface area (Å²) in [5, 5.41) is 20.7. The Morgan fingerprint density at radius 3 is 2.50 bits per heavy atom. The summed E-state index contributed by atoms with van der Waals surface area (Å²) in [6.07, 6.45) is 0. The van der Waals surface area contributed by atoms with E-state index in [1.807, 2.05) is 0 Å². The Hall–Kier alpha value is -1.66. The number of amides is 1. The lowest BCUT2D eigenvalue weighted by Crippen LogP contribution is -2.42. The number of nitro groups is 1. The van der Waals surface area contributed by atoms with Crippen LogP contribution >= 0.6 is 11.6 Å². The fourth-order valence-electron chi connectivity index (χ4n) is 1.78. The molecule has 1 amide bonds. The molecule has 0 aliphatic rings.